The normalized spacial score (nSPS) is 12.1. The second-order valence-corrected chi connectivity index (χ2v) is 12.0. The van der Waals surface area contributed by atoms with Crippen LogP contribution in [0.1, 0.15) is 31.9 Å². The van der Waals surface area contributed by atoms with Gasteiger partial charge in [0, 0.05) is 13.1 Å². The van der Waals surface area contributed by atoms with Gasteiger partial charge in [0.05, 0.1) is 17.7 Å². The Labute approximate surface area is 238 Å². The first kappa shape index (κ1) is 30.7. The minimum Gasteiger partial charge on any atom is -0.495 e. The molecule has 0 saturated heterocycles. The van der Waals surface area contributed by atoms with E-state index in [0.717, 1.165) is 15.4 Å². The van der Waals surface area contributed by atoms with Crippen LogP contribution in [0.25, 0.3) is 0 Å². The maximum absolute atomic E-state index is 14.0. The van der Waals surface area contributed by atoms with Crippen molar-refractivity contribution in [2.75, 3.05) is 31.0 Å². The van der Waals surface area contributed by atoms with E-state index >= 15 is 0 Å². The number of hydrogen-bond donors (Lipinski definition) is 1. The van der Waals surface area contributed by atoms with E-state index in [0.29, 0.717) is 18.7 Å². The monoisotopic (exact) mass is 565 g/mol. The van der Waals surface area contributed by atoms with Crippen LogP contribution in [0.5, 0.6) is 5.75 Å². The molecule has 0 heterocycles. The number of rotatable bonds is 13. The van der Waals surface area contributed by atoms with Gasteiger partial charge in [-0.3, -0.25) is 13.9 Å². The molecular weight excluding hydrogens is 526 g/mol. The lowest BCUT2D eigenvalue weighted by Crippen LogP contribution is -2.52. The predicted octanol–water partition coefficient (Wildman–Crippen LogP) is 4.43. The van der Waals surface area contributed by atoms with E-state index in [2.05, 4.69) is 5.32 Å². The molecule has 0 fully saturated rings. The Balaban J connectivity index is 2.00. The van der Waals surface area contributed by atoms with Gasteiger partial charge in [-0.1, -0.05) is 74.0 Å². The summed E-state index contributed by atoms with van der Waals surface area (Å²) in [6.07, 6.45) is 0.508. The van der Waals surface area contributed by atoms with Crippen molar-refractivity contribution in [3.63, 3.8) is 0 Å². The van der Waals surface area contributed by atoms with Crippen molar-refractivity contribution in [2.24, 2.45) is 5.92 Å². The van der Waals surface area contributed by atoms with Crippen molar-refractivity contribution in [1.82, 2.24) is 10.2 Å². The fourth-order valence-corrected chi connectivity index (χ4v) is 5.63. The van der Waals surface area contributed by atoms with Gasteiger partial charge in [-0.15, -0.1) is 0 Å². The molecule has 0 radical (unpaired) electrons. The van der Waals surface area contributed by atoms with E-state index in [9.17, 15) is 18.0 Å². The molecule has 8 nitrogen and oxygen atoms in total. The number of anilines is 1. The third-order valence-electron chi connectivity index (χ3n) is 6.58. The summed E-state index contributed by atoms with van der Waals surface area (Å²) in [6, 6.07) is 22.0. The molecule has 0 saturated carbocycles. The van der Waals surface area contributed by atoms with Crippen molar-refractivity contribution in [2.45, 2.75) is 45.1 Å². The number of carbonyl (C=O) groups excluding carboxylic acids is 2. The highest BCUT2D eigenvalue weighted by Crippen LogP contribution is 2.32. The van der Waals surface area contributed by atoms with Gasteiger partial charge < -0.3 is 15.0 Å². The molecule has 214 valence electrons. The summed E-state index contributed by atoms with van der Waals surface area (Å²) in [5.74, 6) is -0.236. The maximum atomic E-state index is 14.0. The van der Waals surface area contributed by atoms with E-state index in [-0.39, 0.29) is 29.0 Å². The molecular formula is C31H39N3O5S. The second kappa shape index (κ2) is 14.0. The number of nitrogens with one attached hydrogen (secondary N) is 1. The Bertz CT molecular complexity index is 1380. The highest BCUT2D eigenvalue weighted by molar-refractivity contribution is 7.92. The first-order valence-electron chi connectivity index (χ1n) is 13.4. The third kappa shape index (κ3) is 7.85. The molecule has 0 aliphatic carbocycles. The Morgan fingerprint density at radius 1 is 0.900 bits per heavy atom. The van der Waals surface area contributed by atoms with Crippen LogP contribution in [0, 0.1) is 12.8 Å². The van der Waals surface area contributed by atoms with E-state index in [1.54, 1.807) is 43.3 Å². The number of hydrogen-bond acceptors (Lipinski definition) is 5. The molecule has 1 N–H and O–H groups in total. The van der Waals surface area contributed by atoms with Crippen molar-refractivity contribution in [3.05, 3.63) is 90.0 Å². The summed E-state index contributed by atoms with van der Waals surface area (Å²) in [6.45, 7) is 7.72. The molecule has 3 aromatic rings. The van der Waals surface area contributed by atoms with Crippen LogP contribution >= 0.6 is 0 Å². The topological polar surface area (TPSA) is 96.0 Å². The average molecular weight is 566 g/mol. The summed E-state index contributed by atoms with van der Waals surface area (Å²) in [7, 11) is -2.71. The molecule has 9 heteroatoms. The largest absolute Gasteiger partial charge is 0.495 e. The van der Waals surface area contributed by atoms with Crippen molar-refractivity contribution < 1.29 is 22.7 Å². The molecule has 2 amide bonds. The summed E-state index contributed by atoms with van der Waals surface area (Å²) in [4.78, 5) is 28.5. The Morgan fingerprint density at radius 3 is 2.15 bits per heavy atom. The number of ether oxygens (including phenoxy) is 1. The number of benzene rings is 3. The Hall–Kier alpha value is -3.85. The first-order chi connectivity index (χ1) is 19.0. The van der Waals surface area contributed by atoms with Crippen LogP contribution < -0.4 is 14.4 Å². The molecule has 1 atom stereocenters. The number of amides is 2. The van der Waals surface area contributed by atoms with Crippen LogP contribution in [0.4, 0.5) is 5.69 Å². The molecule has 40 heavy (non-hydrogen) atoms. The van der Waals surface area contributed by atoms with Gasteiger partial charge in [0.1, 0.15) is 18.3 Å². The van der Waals surface area contributed by atoms with E-state index in [1.807, 2.05) is 51.1 Å². The van der Waals surface area contributed by atoms with Gasteiger partial charge >= 0.3 is 0 Å². The number of carbonyl (C=O) groups is 2. The summed E-state index contributed by atoms with van der Waals surface area (Å²) in [5.41, 5.74) is 2.15. The zero-order valence-electron chi connectivity index (χ0n) is 23.8. The molecule has 0 aromatic heterocycles. The summed E-state index contributed by atoms with van der Waals surface area (Å²) >= 11 is 0. The van der Waals surface area contributed by atoms with Gasteiger partial charge in [-0.05, 0) is 56.0 Å². The van der Waals surface area contributed by atoms with Gasteiger partial charge in [0.25, 0.3) is 10.0 Å². The highest BCUT2D eigenvalue weighted by Gasteiger charge is 2.33. The molecule has 3 aromatic carbocycles. The molecule has 0 unspecified atom stereocenters. The first-order valence-corrected chi connectivity index (χ1v) is 14.8. The Kier molecular flexibility index (Phi) is 10.7. The lowest BCUT2D eigenvalue weighted by Gasteiger charge is -2.32. The number of methoxy groups -OCH3 is 1. The van der Waals surface area contributed by atoms with Crippen LogP contribution in [0.15, 0.2) is 83.8 Å². The van der Waals surface area contributed by atoms with Crippen LogP contribution in [-0.2, 0) is 26.0 Å². The van der Waals surface area contributed by atoms with Crippen LogP contribution in [-0.4, -0.2) is 57.9 Å². The van der Waals surface area contributed by atoms with E-state index in [4.69, 9.17) is 4.74 Å². The number of sulfonamides is 1. The summed E-state index contributed by atoms with van der Waals surface area (Å²) in [5, 5.41) is 2.90. The average Bonchev–Trinajstić information content (AvgIpc) is 2.95. The van der Waals surface area contributed by atoms with E-state index in [1.165, 1.54) is 24.1 Å². The molecule has 0 spiro atoms. The molecule has 0 bridgehead atoms. The zero-order valence-corrected chi connectivity index (χ0v) is 24.6. The van der Waals surface area contributed by atoms with Crippen LogP contribution in [0.2, 0.25) is 0 Å². The minimum absolute atomic E-state index is 0.0513. The number of para-hydroxylation sites is 2. The predicted molar refractivity (Wildman–Crippen MR) is 158 cm³/mol. The quantitative estimate of drug-likeness (QED) is 0.331. The van der Waals surface area contributed by atoms with Crippen LogP contribution in [0.3, 0.4) is 0 Å². The summed E-state index contributed by atoms with van der Waals surface area (Å²) < 4.78 is 34.4. The number of nitrogens with zero attached hydrogens (tertiary/aromatic N) is 2. The SMILES string of the molecule is COc1ccccc1N(CC(=O)N(CCc1ccccc1)[C@H](C)C(=O)NCC(C)C)S(=O)(=O)c1ccc(C)cc1. The fourth-order valence-electron chi connectivity index (χ4n) is 4.21. The van der Waals surface area contributed by atoms with Gasteiger partial charge in [-0.25, -0.2) is 8.42 Å². The lowest BCUT2D eigenvalue weighted by atomic mass is 10.1. The highest BCUT2D eigenvalue weighted by atomic mass is 32.2. The van der Waals surface area contributed by atoms with Gasteiger partial charge in [-0.2, -0.15) is 0 Å². The maximum Gasteiger partial charge on any atom is 0.264 e. The van der Waals surface area contributed by atoms with Gasteiger partial charge in [0.2, 0.25) is 11.8 Å². The standard InChI is InChI=1S/C31H39N3O5S/c1-23(2)21-32-31(36)25(4)33(20-19-26-11-7-6-8-12-26)30(35)22-34(28-13-9-10-14-29(28)39-5)40(37,38)27-17-15-24(3)16-18-27/h6-18,23,25H,19-22H2,1-5H3,(H,32,36)/t25-/m1/s1. The van der Waals surface area contributed by atoms with Crippen molar-refractivity contribution in [3.8, 4) is 5.75 Å². The second-order valence-electron chi connectivity index (χ2n) is 10.1. The lowest BCUT2D eigenvalue weighted by molar-refractivity contribution is -0.138. The van der Waals surface area contributed by atoms with Crippen molar-refractivity contribution in [1.29, 1.82) is 0 Å². The minimum atomic E-state index is -4.16. The van der Waals surface area contributed by atoms with Gasteiger partial charge in [0.15, 0.2) is 0 Å². The smallest absolute Gasteiger partial charge is 0.264 e. The molecule has 0 aliphatic heterocycles. The number of aryl methyl sites for hydroxylation is 1. The van der Waals surface area contributed by atoms with Crippen molar-refractivity contribution >= 4 is 27.5 Å². The Morgan fingerprint density at radius 2 is 1.52 bits per heavy atom. The fraction of sp³-hybridized carbons (Fsp3) is 0.355. The molecule has 0 aliphatic rings. The van der Waals surface area contributed by atoms with E-state index < -0.39 is 28.5 Å². The molecule has 3 rings (SSSR count). The third-order valence-corrected chi connectivity index (χ3v) is 8.35. The zero-order chi connectivity index (χ0) is 29.3.